The summed E-state index contributed by atoms with van der Waals surface area (Å²) < 4.78 is 13.1. The van der Waals surface area contributed by atoms with Crippen molar-refractivity contribution in [3.05, 3.63) is 59.2 Å². The Kier molecular flexibility index (Phi) is 3.96. The quantitative estimate of drug-likeness (QED) is 0.439. The van der Waals surface area contributed by atoms with Crippen molar-refractivity contribution < 1.29 is 19.7 Å². The second-order valence-corrected chi connectivity index (χ2v) is 10.1. The minimum absolute atomic E-state index is 0.175. The molecule has 2 aromatic carbocycles. The van der Waals surface area contributed by atoms with E-state index < -0.39 is 11.2 Å². The highest BCUT2D eigenvalue weighted by molar-refractivity contribution is 5.93. The zero-order valence-corrected chi connectivity index (χ0v) is 19.2. The third kappa shape index (κ3) is 3.24. The normalized spacial score (nSPS) is 23.4. The first-order chi connectivity index (χ1) is 15.6. The van der Waals surface area contributed by atoms with Crippen LogP contribution in [0.5, 0.6) is 23.0 Å². The number of phenols is 2. The predicted molar refractivity (Wildman–Crippen MR) is 126 cm³/mol. The average Bonchev–Trinajstić information content (AvgIpc) is 2.64. The zero-order valence-electron chi connectivity index (χ0n) is 19.2. The number of rotatable bonds is 2. The lowest BCUT2D eigenvalue weighted by atomic mass is 9.79. The van der Waals surface area contributed by atoms with E-state index in [0.29, 0.717) is 30.8 Å². The molecule has 0 saturated heterocycles. The van der Waals surface area contributed by atoms with Crippen LogP contribution in [0.4, 0.5) is 0 Å². The zero-order chi connectivity index (χ0) is 23.1. The number of hydrogen-bond donors (Lipinski definition) is 2. The number of aryl methyl sites for hydroxylation is 2. The predicted octanol–water partition coefficient (Wildman–Crippen LogP) is 5.29. The first-order valence-corrected chi connectivity index (χ1v) is 11.2. The van der Waals surface area contributed by atoms with Gasteiger partial charge in [0.05, 0.1) is 11.4 Å². The Morgan fingerprint density at radius 3 is 1.58 bits per heavy atom. The molecule has 0 bridgehead atoms. The highest BCUT2D eigenvalue weighted by Gasteiger charge is 2.44. The van der Waals surface area contributed by atoms with E-state index in [4.69, 9.17) is 19.4 Å². The molecule has 0 saturated carbocycles. The van der Waals surface area contributed by atoms with Crippen molar-refractivity contribution in [2.24, 2.45) is 0 Å². The fraction of sp³-hybridized carbons (Fsp3) is 0.333. The van der Waals surface area contributed by atoms with Crippen molar-refractivity contribution in [2.75, 3.05) is 0 Å². The molecular formula is C27H26N2O4. The van der Waals surface area contributed by atoms with Gasteiger partial charge in [-0.25, -0.2) is 0 Å². The smallest absolute Gasteiger partial charge is 0.133 e. The molecule has 2 unspecified atom stereocenters. The number of aromatic hydroxyl groups is 2. The van der Waals surface area contributed by atoms with E-state index in [1.54, 1.807) is 24.3 Å². The van der Waals surface area contributed by atoms with Crippen LogP contribution >= 0.6 is 0 Å². The van der Waals surface area contributed by atoms with Crippen LogP contribution in [0.15, 0.2) is 36.4 Å². The highest BCUT2D eigenvalue weighted by Crippen LogP contribution is 2.46. The van der Waals surface area contributed by atoms with E-state index >= 15 is 0 Å². The molecule has 2 N–H and O–H groups in total. The van der Waals surface area contributed by atoms with Gasteiger partial charge in [-0.05, 0) is 62.7 Å². The largest absolute Gasteiger partial charge is 0.508 e. The number of pyridine rings is 2. The molecule has 6 heteroatoms. The van der Waals surface area contributed by atoms with E-state index in [2.05, 4.69) is 13.8 Å². The van der Waals surface area contributed by atoms with Gasteiger partial charge in [0.1, 0.15) is 34.2 Å². The number of phenolic OH excluding ortho intramolecular Hbond substituents is 2. The van der Waals surface area contributed by atoms with Gasteiger partial charge in [-0.15, -0.1) is 0 Å². The van der Waals surface area contributed by atoms with Crippen molar-refractivity contribution in [1.82, 2.24) is 9.97 Å². The maximum atomic E-state index is 10.3. The summed E-state index contributed by atoms with van der Waals surface area (Å²) in [6, 6.07) is 10.8. The Bertz CT molecular complexity index is 1270. The van der Waals surface area contributed by atoms with E-state index in [1.165, 1.54) is 0 Å². The Hall–Kier alpha value is -3.54. The summed E-state index contributed by atoms with van der Waals surface area (Å²) in [5.74, 6) is 1.65. The van der Waals surface area contributed by atoms with Crippen molar-refractivity contribution in [3.63, 3.8) is 0 Å². The van der Waals surface area contributed by atoms with Gasteiger partial charge in [0.2, 0.25) is 0 Å². The molecule has 2 atom stereocenters. The molecule has 2 aliphatic rings. The molecule has 33 heavy (non-hydrogen) atoms. The number of nitrogens with zero attached hydrogens (tertiary/aromatic N) is 2. The van der Waals surface area contributed by atoms with Crippen LogP contribution in [-0.2, 0) is 12.8 Å². The third-order valence-electron chi connectivity index (χ3n) is 6.71. The monoisotopic (exact) mass is 442 g/mol. The van der Waals surface area contributed by atoms with Crippen LogP contribution in [0.25, 0.3) is 21.5 Å². The number of aromatic nitrogens is 2. The summed E-state index contributed by atoms with van der Waals surface area (Å²) in [5.41, 5.74) is 2.58. The van der Waals surface area contributed by atoms with Gasteiger partial charge >= 0.3 is 0 Å². The maximum Gasteiger partial charge on any atom is 0.133 e. The second kappa shape index (κ2) is 6.50. The first kappa shape index (κ1) is 20.1. The summed E-state index contributed by atoms with van der Waals surface area (Å²) in [4.78, 5) is 9.63. The van der Waals surface area contributed by atoms with Crippen LogP contribution in [0.3, 0.4) is 0 Å². The molecule has 0 aliphatic carbocycles. The Morgan fingerprint density at radius 1 is 0.727 bits per heavy atom. The average molecular weight is 443 g/mol. The van der Waals surface area contributed by atoms with Gasteiger partial charge in [0, 0.05) is 53.6 Å². The standard InChI is InChI=1S/C27H26N2O4/c1-14-5-16-7-18(30)9-22-24(16)20(28-14)11-26(3,32-22)13-27(4)12-21-25-17(6-15(2)29-21)8-19(31)10-23(25)33-27/h5-10,30-31H,11-13H2,1-4H3. The number of hydrogen-bond acceptors (Lipinski definition) is 6. The molecule has 2 aliphatic heterocycles. The fourth-order valence-electron chi connectivity index (χ4n) is 5.86. The Labute approximate surface area is 191 Å². The molecule has 6 nitrogen and oxygen atoms in total. The SMILES string of the molecule is Cc1cc2cc(O)cc3c2c(n1)CC(C)(CC1(C)Cc2nc(C)cc4cc(O)cc(c24)O1)O3. The van der Waals surface area contributed by atoms with Crippen LogP contribution < -0.4 is 9.47 Å². The van der Waals surface area contributed by atoms with Crippen LogP contribution in [0.1, 0.15) is 43.0 Å². The lowest BCUT2D eigenvalue weighted by Crippen LogP contribution is -2.49. The molecular weight excluding hydrogens is 416 g/mol. The summed E-state index contributed by atoms with van der Waals surface area (Å²) in [5, 5.41) is 24.4. The molecule has 2 aromatic heterocycles. The van der Waals surface area contributed by atoms with Gasteiger partial charge < -0.3 is 19.7 Å². The molecule has 6 rings (SSSR count). The summed E-state index contributed by atoms with van der Waals surface area (Å²) >= 11 is 0. The van der Waals surface area contributed by atoms with Crippen LogP contribution in [-0.4, -0.2) is 31.4 Å². The van der Waals surface area contributed by atoms with Gasteiger partial charge in [0.15, 0.2) is 0 Å². The second-order valence-electron chi connectivity index (χ2n) is 10.1. The van der Waals surface area contributed by atoms with Gasteiger partial charge in [-0.1, -0.05) is 0 Å². The Balaban J connectivity index is 1.40. The van der Waals surface area contributed by atoms with Crippen LogP contribution in [0.2, 0.25) is 0 Å². The molecule has 0 radical (unpaired) electrons. The van der Waals surface area contributed by atoms with Crippen molar-refractivity contribution in [3.8, 4) is 23.0 Å². The van der Waals surface area contributed by atoms with Gasteiger partial charge in [0.25, 0.3) is 0 Å². The van der Waals surface area contributed by atoms with E-state index in [0.717, 1.165) is 44.3 Å². The van der Waals surface area contributed by atoms with Crippen LogP contribution in [0, 0.1) is 13.8 Å². The molecule has 4 aromatic rings. The van der Waals surface area contributed by atoms with E-state index in [-0.39, 0.29) is 11.5 Å². The maximum absolute atomic E-state index is 10.3. The first-order valence-electron chi connectivity index (χ1n) is 11.2. The minimum atomic E-state index is -0.597. The molecule has 0 spiro atoms. The van der Waals surface area contributed by atoms with Crippen molar-refractivity contribution >= 4 is 21.5 Å². The summed E-state index contributed by atoms with van der Waals surface area (Å²) in [6.45, 7) is 8.08. The van der Waals surface area contributed by atoms with E-state index in [9.17, 15) is 10.2 Å². The fourth-order valence-corrected chi connectivity index (χ4v) is 5.86. The third-order valence-corrected chi connectivity index (χ3v) is 6.71. The molecule has 0 fully saturated rings. The number of ether oxygens (including phenoxy) is 2. The summed E-state index contributed by atoms with van der Waals surface area (Å²) in [7, 11) is 0. The lowest BCUT2D eigenvalue weighted by Gasteiger charge is -2.43. The van der Waals surface area contributed by atoms with Gasteiger partial charge in [-0.2, -0.15) is 0 Å². The lowest BCUT2D eigenvalue weighted by molar-refractivity contribution is -0.0197. The molecule has 0 amide bonds. The molecule has 168 valence electrons. The van der Waals surface area contributed by atoms with E-state index in [1.807, 2.05) is 26.0 Å². The van der Waals surface area contributed by atoms with Crippen molar-refractivity contribution in [1.29, 1.82) is 0 Å². The van der Waals surface area contributed by atoms with Crippen molar-refractivity contribution in [2.45, 2.75) is 58.2 Å². The number of benzene rings is 2. The topological polar surface area (TPSA) is 84.7 Å². The summed E-state index contributed by atoms with van der Waals surface area (Å²) in [6.07, 6.45) is 1.84. The molecule has 4 heterocycles. The minimum Gasteiger partial charge on any atom is -0.508 e. The van der Waals surface area contributed by atoms with Gasteiger partial charge in [-0.3, -0.25) is 9.97 Å². The Morgan fingerprint density at radius 2 is 1.15 bits per heavy atom. The highest BCUT2D eigenvalue weighted by atomic mass is 16.5.